The van der Waals surface area contributed by atoms with Crippen LogP contribution in [0.4, 0.5) is 0 Å². The Morgan fingerprint density at radius 1 is 1.14 bits per heavy atom. The smallest absolute Gasteiger partial charge is 0.246 e. The van der Waals surface area contributed by atoms with Crippen molar-refractivity contribution in [2.24, 2.45) is 10.8 Å². The molecule has 1 aliphatic rings. The van der Waals surface area contributed by atoms with E-state index in [1.165, 1.54) is 4.90 Å². The van der Waals surface area contributed by atoms with E-state index in [0.29, 0.717) is 6.42 Å². The second-order valence-corrected chi connectivity index (χ2v) is 12.5. The molecule has 37 heavy (non-hydrogen) atoms. The number of Topliss-reactive ketones (excluding diaryl/α,β-unsaturated/α-hetero) is 1. The highest BCUT2D eigenvalue weighted by Crippen LogP contribution is 2.28. The van der Waals surface area contributed by atoms with Gasteiger partial charge < -0.3 is 19.8 Å². The molecule has 1 aromatic carbocycles. The van der Waals surface area contributed by atoms with Crippen LogP contribution in [0, 0.1) is 17.8 Å². The van der Waals surface area contributed by atoms with Crippen molar-refractivity contribution in [2.45, 2.75) is 92.3 Å². The van der Waals surface area contributed by atoms with Crippen LogP contribution >= 0.6 is 0 Å². The van der Waals surface area contributed by atoms with Gasteiger partial charge in [-0.05, 0) is 35.3 Å². The molecule has 0 radical (unpaired) electrons. The molecule has 3 atom stereocenters. The number of likely N-dealkylation sites (tertiary alicyclic amines) is 1. The Kier molecular flexibility index (Phi) is 8.63. The average molecular weight is 512 g/mol. The van der Waals surface area contributed by atoms with Crippen LogP contribution in [0.1, 0.15) is 72.1 Å². The number of β-amino-alcohol motifs (C(OH)–C–C–N with tert-alkyl or cyclic N) is 1. The summed E-state index contributed by atoms with van der Waals surface area (Å²) in [6.07, 6.45) is 2.12. The Bertz CT molecular complexity index is 1110. The number of aromatic nitrogens is 1. The van der Waals surface area contributed by atoms with E-state index in [0.717, 1.165) is 22.4 Å². The zero-order valence-corrected chi connectivity index (χ0v) is 23.1. The Morgan fingerprint density at radius 2 is 1.78 bits per heavy atom. The lowest BCUT2D eigenvalue weighted by molar-refractivity contribution is -0.143. The number of hydrogen-bond donors (Lipinski definition) is 2. The Morgan fingerprint density at radius 3 is 2.32 bits per heavy atom. The molecule has 2 heterocycles. The molecule has 3 unspecified atom stereocenters. The number of carbonyl (C=O) groups is 3. The predicted molar refractivity (Wildman–Crippen MR) is 142 cm³/mol. The predicted octanol–water partition coefficient (Wildman–Crippen LogP) is 4.08. The van der Waals surface area contributed by atoms with Crippen molar-refractivity contribution in [1.29, 1.82) is 0 Å². The van der Waals surface area contributed by atoms with E-state index in [2.05, 4.69) is 10.5 Å². The zero-order chi connectivity index (χ0) is 27.5. The first kappa shape index (κ1) is 28.6. The molecule has 8 nitrogen and oxygen atoms in total. The Labute approximate surface area is 219 Å². The molecule has 1 saturated heterocycles. The fourth-order valence-corrected chi connectivity index (χ4v) is 4.73. The number of rotatable bonds is 8. The highest BCUT2D eigenvalue weighted by molar-refractivity contribution is 5.94. The summed E-state index contributed by atoms with van der Waals surface area (Å²) in [4.78, 5) is 41.0. The van der Waals surface area contributed by atoms with Crippen molar-refractivity contribution >= 4 is 17.6 Å². The average Bonchev–Trinajstić information content (AvgIpc) is 3.39. The summed E-state index contributed by atoms with van der Waals surface area (Å²) >= 11 is 0. The third-order valence-electron chi connectivity index (χ3n) is 6.72. The number of ketones is 1. The molecule has 0 bridgehead atoms. The molecule has 2 N–H and O–H groups in total. The van der Waals surface area contributed by atoms with Crippen LogP contribution < -0.4 is 5.32 Å². The van der Waals surface area contributed by atoms with Gasteiger partial charge in [-0.3, -0.25) is 14.4 Å². The van der Waals surface area contributed by atoms with E-state index in [-0.39, 0.29) is 48.8 Å². The first-order valence-electron chi connectivity index (χ1n) is 13.0. The van der Waals surface area contributed by atoms with E-state index in [1.54, 1.807) is 6.26 Å². The second kappa shape index (κ2) is 11.2. The molecular formula is C29H41N3O5. The summed E-state index contributed by atoms with van der Waals surface area (Å²) in [7, 11) is 0. The van der Waals surface area contributed by atoms with E-state index < -0.39 is 23.6 Å². The molecule has 1 aromatic heterocycles. The number of aryl methyl sites for hydroxylation is 2. The van der Waals surface area contributed by atoms with Crippen molar-refractivity contribution in [2.75, 3.05) is 6.54 Å². The van der Waals surface area contributed by atoms with Gasteiger partial charge >= 0.3 is 0 Å². The van der Waals surface area contributed by atoms with Gasteiger partial charge in [-0.1, -0.05) is 71.0 Å². The number of aliphatic hydroxyl groups excluding tert-OH is 1. The van der Waals surface area contributed by atoms with Gasteiger partial charge in [-0.2, -0.15) is 0 Å². The highest BCUT2D eigenvalue weighted by atomic mass is 16.5. The second-order valence-electron chi connectivity index (χ2n) is 12.5. The first-order valence-corrected chi connectivity index (χ1v) is 13.0. The van der Waals surface area contributed by atoms with E-state index >= 15 is 0 Å². The van der Waals surface area contributed by atoms with Crippen molar-refractivity contribution in [3.63, 3.8) is 0 Å². The SMILES string of the molecule is Cc1nocc1-c1ccc(CCC(=O)C2CC(O)CN2C(=O)C(NC(=O)CC(C)(C)C)C(C)(C)C)cc1. The van der Waals surface area contributed by atoms with Crippen LogP contribution in [0.3, 0.4) is 0 Å². The molecular weight excluding hydrogens is 470 g/mol. The first-order chi connectivity index (χ1) is 17.2. The lowest BCUT2D eigenvalue weighted by atomic mass is 9.84. The number of nitrogens with zero attached hydrogens (tertiary/aromatic N) is 2. The Balaban J connectivity index is 1.68. The van der Waals surface area contributed by atoms with Crippen molar-refractivity contribution in [3.8, 4) is 11.1 Å². The normalized spacial score (nSPS) is 19.1. The van der Waals surface area contributed by atoms with Crippen molar-refractivity contribution < 1.29 is 24.0 Å². The lowest BCUT2D eigenvalue weighted by Gasteiger charge is -2.36. The lowest BCUT2D eigenvalue weighted by Crippen LogP contribution is -2.57. The van der Waals surface area contributed by atoms with Gasteiger partial charge in [0, 0.05) is 31.4 Å². The topological polar surface area (TPSA) is 113 Å². The van der Waals surface area contributed by atoms with Crippen LogP contribution in [-0.4, -0.2) is 57.5 Å². The summed E-state index contributed by atoms with van der Waals surface area (Å²) in [5.74, 6) is -0.608. The number of benzene rings is 1. The van der Waals surface area contributed by atoms with Crippen LogP contribution in [0.5, 0.6) is 0 Å². The summed E-state index contributed by atoms with van der Waals surface area (Å²) in [5, 5.41) is 17.2. The maximum atomic E-state index is 13.6. The van der Waals surface area contributed by atoms with Gasteiger partial charge in [0.2, 0.25) is 11.8 Å². The standard InChI is InChI=1S/C29H41N3O5/c1-18-22(17-37-31-18)20-11-8-19(9-12-20)10-13-24(34)23-14-21(33)16-32(23)27(36)26(29(5,6)7)30-25(35)15-28(2,3)4/h8-9,11-12,17,21,23,26,33H,10,13-16H2,1-7H3,(H,30,35). The van der Waals surface area contributed by atoms with Gasteiger partial charge in [-0.25, -0.2) is 0 Å². The van der Waals surface area contributed by atoms with E-state index in [1.807, 2.05) is 72.7 Å². The van der Waals surface area contributed by atoms with E-state index in [9.17, 15) is 19.5 Å². The number of amides is 2. The monoisotopic (exact) mass is 511 g/mol. The largest absolute Gasteiger partial charge is 0.391 e. The van der Waals surface area contributed by atoms with Crippen molar-refractivity contribution in [1.82, 2.24) is 15.4 Å². The summed E-state index contributed by atoms with van der Waals surface area (Å²) in [5.41, 5.74) is 2.96. The van der Waals surface area contributed by atoms with Crippen LogP contribution in [0.15, 0.2) is 35.1 Å². The van der Waals surface area contributed by atoms with Crippen LogP contribution in [-0.2, 0) is 20.8 Å². The number of carbonyl (C=O) groups excluding carboxylic acids is 3. The quantitative estimate of drug-likeness (QED) is 0.552. The molecule has 2 amide bonds. The summed E-state index contributed by atoms with van der Waals surface area (Å²) in [6, 6.07) is 6.40. The molecule has 202 valence electrons. The summed E-state index contributed by atoms with van der Waals surface area (Å²) < 4.78 is 5.01. The van der Waals surface area contributed by atoms with E-state index in [4.69, 9.17) is 4.52 Å². The third kappa shape index (κ3) is 7.51. The van der Waals surface area contributed by atoms with Gasteiger partial charge in [0.15, 0.2) is 5.78 Å². The van der Waals surface area contributed by atoms with Crippen LogP contribution in [0.25, 0.3) is 11.1 Å². The minimum Gasteiger partial charge on any atom is -0.391 e. The molecule has 2 aromatic rings. The molecule has 3 rings (SSSR count). The fourth-order valence-electron chi connectivity index (χ4n) is 4.73. The summed E-state index contributed by atoms with van der Waals surface area (Å²) in [6.45, 7) is 13.5. The third-order valence-corrected chi connectivity index (χ3v) is 6.72. The molecule has 0 saturated carbocycles. The number of nitrogens with one attached hydrogen (secondary N) is 1. The minimum absolute atomic E-state index is 0.0856. The molecule has 0 spiro atoms. The zero-order valence-electron chi connectivity index (χ0n) is 23.1. The number of hydrogen-bond acceptors (Lipinski definition) is 6. The molecule has 8 heteroatoms. The molecule has 1 aliphatic heterocycles. The van der Waals surface area contributed by atoms with Crippen LogP contribution in [0.2, 0.25) is 0 Å². The number of aliphatic hydroxyl groups is 1. The van der Waals surface area contributed by atoms with Gasteiger partial charge in [0.05, 0.1) is 17.8 Å². The molecule has 1 fully saturated rings. The molecule has 0 aliphatic carbocycles. The fraction of sp³-hybridized carbons (Fsp3) is 0.586. The Hall–Kier alpha value is -3.00. The minimum atomic E-state index is -0.795. The highest BCUT2D eigenvalue weighted by Gasteiger charge is 2.44. The maximum absolute atomic E-state index is 13.6. The van der Waals surface area contributed by atoms with Gasteiger partial charge in [0.25, 0.3) is 0 Å². The van der Waals surface area contributed by atoms with Crippen molar-refractivity contribution in [3.05, 3.63) is 41.8 Å². The van der Waals surface area contributed by atoms with Gasteiger partial charge in [-0.15, -0.1) is 0 Å². The van der Waals surface area contributed by atoms with Gasteiger partial charge in [0.1, 0.15) is 12.3 Å². The maximum Gasteiger partial charge on any atom is 0.246 e.